The SMILES string of the molecule is Cc1ccccc1N1Cc2c(NCC(C)C)ncnc2N(C)CC1=O. The molecular weight excluding hydrogens is 314 g/mol. The van der Waals surface area contributed by atoms with Gasteiger partial charge in [0.25, 0.3) is 0 Å². The highest BCUT2D eigenvalue weighted by molar-refractivity contribution is 5.98. The van der Waals surface area contributed by atoms with E-state index in [1.165, 1.54) is 0 Å². The number of hydrogen-bond acceptors (Lipinski definition) is 5. The van der Waals surface area contributed by atoms with Crippen LogP contribution in [0.4, 0.5) is 17.3 Å². The first-order valence-electron chi connectivity index (χ1n) is 8.62. The molecular formula is C19H25N5O. The quantitative estimate of drug-likeness (QED) is 0.928. The summed E-state index contributed by atoms with van der Waals surface area (Å²) in [5.74, 6) is 2.18. The number of carbonyl (C=O) groups is 1. The second-order valence-electron chi connectivity index (χ2n) is 6.92. The molecule has 0 saturated heterocycles. The van der Waals surface area contributed by atoms with Crippen molar-refractivity contribution in [3.8, 4) is 0 Å². The minimum absolute atomic E-state index is 0.0598. The number of benzene rings is 1. The molecule has 2 aromatic rings. The van der Waals surface area contributed by atoms with Gasteiger partial charge in [-0.25, -0.2) is 9.97 Å². The topological polar surface area (TPSA) is 61.4 Å². The lowest BCUT2D eigenvalue weighted by molar-refractivity contribution is -0.117. The van der Waals surface area contributed by atoms with Crippen LogP contribution in [0.3, 0.4) is 0 Å². The Hall–Kier alpha value is -2.63. The van der Waals surface area contributed by atoms with Gasteiger partial charge in [0.05, 0.1) is 18.7 Å². The highest BCUT2D eigenvalue weighted by Gasteiger charge is 2.28. The minimum Gasteiger partial charge on any atom is -0.369 e. The number of likely N-dealkylation sites (N-methyl/N-ethyl adjacent to an activating group) is 1. The monoisotopic (exact) mass is 339 g/mol. The fourth-order valence-electron chi connectivity index (χ4n) is 3.03. The number of fused-ring (bicyclic) bond motifs is 1. The average molecular weight is 339 g/mol. The number of rotatable bonds is 4. The summed E-state index contributed by atoms with van der Waals surface area (Å²) in [5, 5.41) is 3.41. The molecule has 0 saturated carbocycles. The van der Waals surface area contributed by atoms with E-state index in [4.69, 9.17) is 0 Å². The molecule has 3 rings (SSSR count). The van der Waals surface area contributed by atoms with Crippen molar-refractivity contribution >= 4 is 23.2 Å². The molecule has 6 nitrogen and oxygen atoms in total. The Balaban J connectivity index is 2.03. The minimum atomic E-state index is 0.0598. The van der Waals surface area contributed by atoms with Crippen LogP contribution in [0, 0.1) is 12.8 Å². The largest absolute Gasteiger partial charge is 0.369 e. The normalized spacial score (nSPS) is 14.5. The van der Waals surface area contributed by atoms with Gasteiger partial charge in [-0.2, -0.15) is 0 Å². The molecule has 6 heteroatoms. The molecule has 0 spiro atoms. The van der Waals surface area contributed by atoms with Gasteiger partial charge < -0.3 is 15.1 Å². The van der Waals surface area contributed by atoms with Crippen LogP contribution in [0.25, 0.3) is 0 Å². The van der Waals surface area contributed by atoms with Crippen LogP contribution >= 0.6 is 0 Å². The zero-order valence-electron chi connectivity index (χ0n) is 15.3. The van der Waals surface area contributed by atoms with E-state index in [0.29, 0.717) is 19.0 Å². The van der Waals surface area contributed by atoms with E-state index in [1.54, 1.807) is 6.33 Å². The predicted octanol–water partition coefficient (Wildman–Crippen LogP) is 2.84. The van der Waals surface area contributed by atoms with Crippen LogP contribution in [0.15, 0.2) is 30.6 Å². The van der Waals surface area contributed by atoms with Crippen LogP contribution < -0.4 is 15.1 Å². The first-order valence-corrected chi connectivity index (χ1v) is 8.62. The number of aryl methyl sites for hydroxylation is 1. The second kappa shape index (κ2) is 7.09. The molecule has 0 aliphatic carbocycles. The summed E-state index contributed by atoms with van der Waals surface area (Å²) in [5.41, 5.74) is 2.97. The van der Waals surface area contributed by atoms with E-state index >= 15 is 0 Å². The fourth-order valence-corrected chi connectivity index (χ4v) is 3.03. The Morgan fingerprint density at radius 1 is 1.20 bits per heavy atom. The summed E-state index contributed by atoms with van der Waals surface area (Å²) in [6.45, 7) is 7.92. The third kappa shape index (κ3) is 3.57. The van der Waals surface area contributed by atoms with Crippen molar-refractivity contribution in [1.82, 2.24) is 9.97 Å². The van der Waals surface area contributed by atoms with Crippen molar-refractivity contribution in [2.75, 3.05) is 35.3 Å². The van der Waals surface area contributed by atoms with Gasteiger partial charge in [-0.3, -0.25) is 4.79 Å². The van der Waals surface area contributed by atoms with Gasteiger partial charge in [-0.05, 0) is 24.5 Å². The van der Waals surface area contributed by atoms with E-state index in [2.05, 4.69) is 29.1 Å². The molecule has 1 aliphatic rings. The van der Waals surface area contributed by atoms with Crippen molar-refractivity contribution < 1.29 is 4.79 Å². The van der Waals surface area contributed by atoms with Gasteiger partial charge in [0.1, 0.15) is 18.0 Å². The van der Waals surface area contributed by atoms with E-state index < -0.39 is 0 Å². The number of aromatic nitrogens is 2. The highest BCUT2D eigenvalue weighted by atomic mass is 16.2. The maximum absolute atomic E-state index is 12.8. The van der Waals surface area contributed by atoms with E-state index in [-0.39, 0.29) is 5.91 Å². The van der Waals surface area contributed by atoms with Crippen LogP contribution in [0.5, 0.6) is 0 Å². The lowest BCUT2D eigenvalue weighted by Gasteiger charge is -2.23. The zero-order valence-corrected chi connectivity index (χ0v) is 15.3. The molecule has 1 aliphatic heterocycles. The van der Waals surface area contributed by atoms with Crippen LogP contribution in [-0.2, 0) is 11.3 Å². The van der Waals surface area contributed by atoms with Gasteiger partial charge in [0.15, 0.2) is 0 Å². The number of nitrogens with one attached hydrogen (secondary N) is 1. The third-order valence-electron chi connectivity index (χ3n) is 4.36. The van der Waals surface area contributed by atoms with Gasteiger partial charge in [-0.1, -0.05) is 32.0 Å². The molecule has 0 fully saturated rings. The first kappa shape index (κ1) is 17.2. The summed E-state index contributed by atoms with van der Waals surface area (Å²) in [6, 6.07) is 7.96. The number of hydrogen-bond donors (Lipinski definition) is 1. The average Bonchev–Trinajstić information content (AvgIpc) is 2.70. The summed E-state index contributed by atoms with van der Waals surface area (Å²) in [7, 11) is 1.90. The van der Waals surface area contributed by atoms with Crippen LogP contribution in [-0.4, -0.2) is 36.0 Å². The Labute approximate surface area is 148 Å². The van der Waals surface area contributed by atoms with E-state index in [1.807, 2.05) is 48.0 Å². The maximum Gasteiger partial charge on any atom is 0.246 e. The lowest BCUT2D eigenvalue weighted by Crippen LogP contribution is -2.36. The van der Waals surface area contributed by atoms with E-state index in [9.17, 15) is 4.79 Å². The smallest absolute Gasteiger partial charge is 0.246 e. The van der Waals surface area contributed by atoms with Crippen molar-refractivity contribution in [2.45, 2.75) is 27.3 Å². The maximum atomic E-state index is 12.8. The Bertz CT molecular complexity index is 774. The molecule has 0 bridgehead atoms. The van der Waals surface area contributed by atoms with E-state index in [0.717, 1.165) is 35.0 Å². The standard InChI is InChI=1S/C19H25N5O/c1-13(2)9-20-18-15-10-24(16-8-6-5-7-14(16)3)17(25)11-23(4)19(15)22-12-21-18/h5-8,12-13H,9-11H2,1-4H3,(H,20,21,22). The number of carbonyl (C=O) groups excluding carboxylic acids is 1. The highest BCUT2D eigenvalue weighted by Crippen LogP contribution is 2.31. The summed E-state index contributed by atoms with van der Waals surface area (Å²) >= 11 is 0. The summed E-state index contributed by atoms with van der Waals surface area (Å²) < 4.78 is 0. The van der Waals surface area contributed by atoms with Crippen molar-refractivity contribution in [3.05, 3.63) is 41.7 Å². The Morgan fingerprint density at radius 3 is 2.68 bits per heavy atom. The number of amides is 1. The first-order chi connectivity index (χ1) is 12.0. The number of para-hydroxylation sites is 1. The molecule has 1 N–H and O–H groups in total. The molecule has 25 heavy (non-hydrogen) atoms. The van der Waals surface area contributed by atoms with Crippen molar-refractivity contribution in [1.29, 1.82) is 0 Å². The predicted molar refractivity (Wildman–Crippen MR) is 101 cm³/mol. The summed E-state index contributed by atoms with van der Waals surface area (Å²) in [6.07, 6.45) is 1.56. The van der Waals surface area contributed by atoms with Crippen molar-refractivity contribution in [2.24, 2.45) is 5.92 Å². The molecule has 0 unspecified atom stereocenters. The molecule has 0 atom stereocenters. The zero-order chi connectivity index (χ0) is 18.0. The molecule has 1 aromatic carbocycles. The molecule has 1 aromatic heterocycles. The molecule has 0 radical (unpaired) electrons. The number of nitrogens with zero attached hydrogens (tertiary/aromatic N) is 4. The third-order valence-corrected chi connectivity index (χ3v) is 4.36. The van der Waals surface area contributed by atoms with Crippen molar-refractivity contribution in [3.63, 3.8) is 0 Å². The molecule has 132 valence electrons. The van der Waals surface area contributed by atoms with Gasteiger partial charge in [0.2, 0.25) is 5.91 Å². The fraction of sp³-hybridized carbons (Fsp3) is 0.421. The van der Waals surface area contributed by atoms with Crippen LogP contribution in [0.2, 0.25) is 0 Å². The molecule has 1 amide bonds. The number of anilines is 3. The van der Waals surface area contributed by atoms with Gasteiger partial charge in [-0.15, -0.1) is 0 Å². The molecule has 2 heterocycles. The van der Waals surface area contributed by atoms with Crippen LogP contribution in [0.1, 0.15) is 25.0 Å². The van der Waals surface area contributed by atoms with Gasteiger partial charge in [0, 0.05) is 19.3 Å². The second-order valence-corrected chi connectivity index (χ2v) is 6.92. The Morgan fingerprint density at radius 2 is 1.96 bits per heavy atom. The Kier molecular flexibility index (Phi) is 4.88. The summed E-state index contributed by atoms with van der Waals surface area (Å²) in [4.78, 5) is 25.4. The lowest BCUT2D eigenvalue weighted by atomic mass is 10.1. The van der Waals surface area contributed by atoms with Gasteiger partial charge >= 0.3 is 0 Å².